The number of pyridine rings is 1. The van der Waals surface area contributed by atoms with Gasteiger partial charge in [-0.1, -0.05) is 15.9 Å². The van der Waals surface area contributed by atoms with E-state index in [2.05, 4.69) is 26.2 Å². The first-order chi connectivity index (χ1) is 16.5. The minimum atomic E-state index is -4.55. The van der Waals surface area contributed by atoms with Crippen LogP contribution in [0.4, 0.5) is 23.2 Å². The number of halogens is 5. The largest absolute Gasteiger partial charge is 0.433 e. The second kappa shape index (κ2) is 8.55. The van der Waals surface area contributed by atoms with Gasteiger partial charge < -0.3 is 15.3 Å². The summed E-state index contributed by atoms with van der Waals surface area (Å²) in [6, 6.07) is 5.08. The van der Waals surface area contributed by atoms with E-state index >= 15 is 0 Å². The molecule has 1 aliphatic carbocycles. The maximum Gasteiger partial charge on any atom is 0.433 e. The Hall–Kier alpha value is -2.53. The van der Waals surface area contributed by atoms with Crippen molar-refractivity contribution in [1.82, 2.24) is 10.3 Å². The standard InChI is InChI=1S/C24H23BrF4N4O2/c1-12-10-23(6-7-33(12)18-9-14(25)8-17(26)16(18)11-34)22(35)31-21(32-23)15-4-5-19(24(27,28)29)30-20(15)13-2-3-13/h4-5,8-9,12-13,34H,2-3,6-7,10-11H2,1H3,(H,31,32,35)/t12-,23+/m0/s1. The quantitative estimate of drug-likeness (QED) is 0.538. The Labute approximate surface area is 207 Å². The van der Waals surface area contributed by atoms with E-state index in [4.69, 9.17) is 4.99 Å². The summed E-state index contributed by atoms with van der Waals surface area (Å²) in [5.74, 6) is -0.648. The van der Waals surface area contributed by atoms with Crippen LogP contribution in [0, 0.1) is 5.82 Å². The van der Waals surface area contributed by atoms with Gasteiger partial charge in [0.15, 0.2) is 0 Å². The molecule has 6 nitrogen and oxygen atoms in total. The second-order valence-electron chi connectivity index (χ2n) is 9.39. The molecule has 5 rings (SSSR count). The lowest BCUT2D eigenvalue weighted by atomic mass is 9.83. The van der Waals surface area contributed by atoms with Gasteiger partial charge in [-0.25, -0.2) is 9.37 Å². The van der Waals surface area contributed by atoms with Gasteiger partial charge in [0, 0.05) is 46.2 Å². The lowest BCUT2D eigenvalue weighted by Crippen LogP contribution is -2.53. The van der Waals surface area contributed by atoms with Crippen LogP contribution < -0.4 is 10.2 Å². The lowest BCUT2D eigenvalue weighted by molar-refractivity contribution is -0.141. The van der Waals surface area contributed by atoms with Crippen LogP contribution in [0.2, 0.25) is 0 Å². The van der Waals surface area contributed by atoms with Crippen LogP contribution in [0.5, 0.6) is 0 Å². The van der Waals surface area contributed by atoms with Gasteiger partial charge in [0.2, 0.25) is 0 Å². The fraction of sp³-hybridized carbons (Fsp3) is 0.458. The van der Waals surface area contributed by atoms with Crippen molar-refractivity contribution in [2.24, 2.45) is 4.99 Å². The molecule has 35 heavy (non-hydrogen) atoms. The summed E-state index contributed by atoms with van der Waals surface area (Å²) < 4.78 is 54.6. The van der Waals surface area contributed by atoms with E-state index in [0.717, 1.165) is 18.9 Å². The fourth-order valence-electron chi connectivity index (χ4n) is 5.04. The number of aromatic nitrogens is 1. The van der Waals surface area contributed by atoms with Gasteiger partial charge in [-0.2, -0.15) is 13.2 Å². The van der Waals surface area contributed by atoms with Crippen molar-refractivity contribution in [3.63, 3.8) is 0 Å². The molecule has 2 aromatic rings. The van der Waals surface area contributed by atoms with Gasteiger partial charge in [-0.05, 0) is 50.5 Å². The van der Waals surface area contributed by atoms with Crippen molar-refractivity contribution >= 4 is 33.4 Å². The van der Waals surface area contributed by atoms with Crippen molar-refractivity contribution in [3.8, 4) is 0 Å². The Morgan fingerprint density at radius 3 is 2.66 bits per heavy atom. The molecule has 1 saturated carbocycles. The predicted molar refractivity (Wildman–Crippen MR) is 125 cm³/mol. The number of aliphatic imine (C=N–C) groups is 1. The highest BCUT2D eigenvalue weighted by Gasteiger charge is 2.49. The molecule has 11 heteroatoms. The SMILES string of the molecule is C[C@H]1C[C@@]2(CCN1c1cc(Br)cc(F)c1CO)N=C(c1ccc(C(F)(F)F)nc1C1CC1)NC2=O. The molecular weight excluding hydrogens is 532 g/mol. The summed E-state index contributed by atoms with van der Waals surface area (Å²) in [5.41, 5.74) is -0.548. The molecule has 2 aliphatic heterocycles. The number of alkyl halides is 3. The van der Waals surface area contributed by atoms with E-state index in [1.54, 1.807) is 6.07 Å². The number of hydrogen-bond donors (Lipinski definition) is 2. The van der Waals surface area contributed by atoms with Crippen molar-refractivity contribution in [3.05, 3.63) is 57.1 Å². The van der Waals surface area contributed by atoms with Crippen LogP contribution in [0.3, 0.4) is 0 Å². The van der Waals surface area contributed by atoms with Gasteiger partial charge in [0.25, 0.3) is 5.91 Å². The minimum Gasteiger partial charge on any atom is -0.391 e. The molecule has 2 N–H and O–H groups in total. The molecule has 1 aromatic heterocycles. The van der Waals surface area contributed by atoms with E-state index in [1.807, 2.05) is 11.8 Å². The highest BCUT2D eigenvalue weighted by Crippen LogP contribution is 2.44. The zero-order valence-electron chi connectivity index (χ0n) is 18.8. The number of nitrogens with zero attached hydrogens (tertiary/aromatic N) is 3. The van der Waals surface area contributed by atoms with Gasteiger partial charge in [-0.15, -0.1) is 0 Å². The molecule has 186 valence electrons. The minimum absolute atomic E-state index is 0.0763. The average molecular weight is 555 g/mol. The Balaban J connectivity index is 1.46. The molecule has 1 aromatic carbocycles. The predicted octanol–water partition coefficient (Wildman–Crippen LogP) is 4.68. The van der Waals surface area contributed by atoms with Crippen LogP contribution in [0.25, 0.3) is 0 Å². The van der Waals surface area contributed by atoms with E-state index in [1.165, 1.54) is 12.1 Å². The maximum absolute atomic E-state index is 14.4. The number of amides is 1. The van der Waals surface area contributed by atoms with Gasteiger partial charge in [0.05, 0.1) is 12.3 Å². The van der Waals surface area contributed by atoms with Crippen LogP contribution in [-0.2, 0) is 17.6 Å². The highest BCUT2D eigenvalue weighted by atomic mass is 79.9. The number of piperidine rings is 1. The molecule has 2 atom stereocenters. The zero-order valence-corrected chi connectivity index (χ0v) is 20.4. The summed E-state index contributed by atoms with van der Waals surface area (Å²) in [6.07, 6.45) is -2.40. The number of carbonyl (C=O) groups is 1. The van der Waals surface area contributed by atoms with Crippen LogP contribution in [0.15, 0.2) is 33.7 Å². The van der Waals surface area contributed by atoms with Gasteiger partial charge in [0.1, 0.15) is 22.9 Å². The molecule has 2 fully saturated rings. The molecule has 1 amide bonds. The Morgan fingerprint density at radius 1 is 1.29 bits per heavy atom. The molecule has 0 radical (unpaired) electrons. The molecule has 0 unspecified atom stereocenters. The van der Waals surface area contributed by atoms with Gasteiger partial charge in [-0.3, -0.25) is 9.79 Å². The summed E-state index contributed by atoms with van der Waals surface area (Å²) >= 11 is 3.30. The number of hydrogen-bond acceptors (Lipinski definition) is 5. The first kappa shape index (κ1) is 24.2. The Bertz CT molecular complexity index is 1230. The van der Waals surface area contributed by atoms with E-state index < -0.39 is 29.8 Å². The van der Waals surface area contributed by atoms with Crippen molar-refractivity contribution in [1.29, 1.82) is 0 Å². The third-order valence-electron chi connectivity index (χ3n) is 6.95. The number of carbonyl (C=O) groups excluding carboxylic acids is 1. The summed E-state index contributed by atoms with van der Waals surface area (Å²) in [6.45, 7) is 1.82. The van der Waals surface area contributed by atoms with Gasteiger partial charge >= 0.3 is 6.18 Å². The third kappa shape index (κ3) is 4.33. The smallest absolute Gasteiger partial charge is 0.391 e. The maximum atomic E-state index is 14.4. The molecule has 0 bridgehead atoms. The van der Waals surface area contributed by atoms with Crippen molar-refractivity contribution < 1.29 is 27.5 Å². The van der Waals surface area contributed by atoms with Crippen LogP contribution in [0.1, 0.15) is 61.0 Å². The van der Waals surface area contributed by atoms with E-state index in [0.29, 0.717) is 40.8 Å². The monoisotopic (exact) mass is 554 g/mol. The molecule has 1 saturated heterocycles. The van der Waals surface area contributed by atoms with Crippen molar-refractivity contribution in [2.45, 2.75) is 62.9 Å². The summed E-state index contributed by atoms with van der Waals surface area (Å²) in [7, 11) is 0. The molecular formula is C24H23BrF4N4O2. The Morgan fingerprint density at radius 2 is 2.03 bits per heavy atom. The Kier molecular flexibility index (Phi) is 5.90. The van der Waals surface area contributed by atoms with Crippen LogP contribution >= 0.6 is 15.9 Å². The summed E-state index contributed by atoms with van der Waals surface area (Å²) in [4.78, 5) is 23.7. The molecule has 1 spiro atoms. The number of anilines is 1. The second-order valence-corrected chi connectivity index (χ2v) is 10.3. The van der Waals surface area contributed by atoms with Crippen molar-refractivity contribution in [2.75, 3.05) is 11.4 Å². The number of aliphatic hydroxyl groups is 1. The molecule has 3 heterocycles. The first-order valence-electron chi connectivity index (χ1n) is 11.4. The number of amidine groups is 1. The number of nitrogens with one attached hydrogen (secondary N) is 1. The first-order valence-corrected chi connectivity index (χ1v) is 12.2. The van der Waals surface area contributed by atoms with E-state index in [-0.39, 0.29) is 29.3 Å². The lowest BCUT2D eigenvalue weighted by Gasteiger charge is -2.42. The third-order valence-corrected chi connectivity index (χ3v) is 7.41. The number of aliphatic hydroxyl groups excluding tert-OH is 1. The average Bonchev–Trinajstić information content (AvgIpc) is 3.58. The molecule has 3 aliphatic rings. The summed E-state index contributed by atoms with van der Waals surface area (Å²) in [5, 5.41) is 12.5. The fourth-order valence-corrected chi connectivity index (χ4v) is 5.46. The zero-order chi connectivity index (χ0) is 25.1. The number of benzene rings is 1. The van der Waals surface area contributed by atoms with Crippen LogP contribution in [-0.4, -0.2) is 40.0 Å². The normalized spacial score (nSPS) is 24.7. The topological polar surface area (TPSA) is 77.8 Å². The van der Waals surface area contributed by atoms with E-state index in [9.17, 15) is 27.5 Å². The number of rotatable bonds is 4. The highest BCUT2D eigenvalue weighted by molar-refractivity contribution is 9.10.